The SMILES string of the molecule is Cc1cc(-c2ocnc2CCl)ccc1F. The van der Waals surface area contributed by atoms with Gasteiger partial charge in [-0.2, -0.15) is 0 Å². The molecule has 0 radical (unpaired) electrons. The summed E-state index contributed by atoms with van der Waals surface area (Å²) < 4.78 is 18.3. The Hall–Kier alpha value is -1.35. The van der Waals surface area contributed by atoms with Crippen LogP contribution in [0, 0.1) is 12.7 Å². The summed E-state index contributed by atoms with van der Waals surface area (Å²) in [7, 11) is 0. The first-order valence-electron chi connectivity index (χ1n) is 4.47. The molecule has 0 aliphatic rings. The Kier molecular flexibility index (Phi) is 2.73. The highest BCUT2D eigenvalue weighted by Crippen LogP contribution is 2.25. The summed E-state index contributed by atoms with van der Waals surface area (Å²) in [6.07, 6.45) is 1.34. The third kappa shape index (κ3) is 1.88. The van der Waals surface area contributed by atoms with Gasteiger partial charge in [-0.15, -0.1) is 11.6 Å². The average molecular weight is 226 g/mol. The van der Waals surface area contributed by atoms with Gasteiger partial charge in [-0.3, -0.25) is 0 Å². The topological polar surface area (TPSA) is 26.0 Å². The van der Waals surface area contributed by atoms with E-state index < -0.39 is 0 Å². The van der Waals surface area contributed by atoms with E-state index in [1.165, 1.54) is 12.5 Å². The van der Waals surface area contributed by atoms with E-state index in [4.69, 9.17) is 16.0 Å². The molecule has 0 amide bonds. The van der Waals surface area contributed by atoms with Gasteiger partial charge in [0.15, 0.2) is 12.2 Å². The number of aryl methyl sites for hydroxylation is 1. The zero-order chi connectivity index (χ0) is 10.8. The van der Waals surface area contributed by atoms with Crippen molar-refractivity contribution in [3.05, 3.63) is 41.7 Å². The lowest BCUT2D eigenvalue weighted by molar-refractivity contribution is 0.570. The van der Waals surface area contributed by atoms with E-state index in [-0.39, 0.29) is 11.7 Å². The first-order chi connectivity index (χ1) is 7.22. The van der Waals surface area contributed by atoms with Crippen LogP contribution >= 0.6 is 11.6 Å². The standard InChI is InChI=1S/C11H9ClFNO/c1-7-4-8(2-3-9(7)13)11-10(5-12)14-6-15-11/h2-4,6H,5H2,1H3. The average Bonchev–Trinajstić information content (AvgIpc) is 2.70. The molecule has 2 rings (SSSR count). The molecule has 0 saturated heterocycles. The van der Waals surface area contributed by atoms with Crippen LogP contribution in [0.4, 0.5) is 4.39 Å². The largest absolute Gasteiger partial charge is 0.443 e. The lowest BCUT2D eigenvalue weighted by atomic mass is 10.1. The summed E-state index contributed by atoms with van der Waals surface area (Å²) in [4.78, 5) is 3.97. The third-order valence-corrected chi connectivity index (χ3v) is 2.44. The molecule has 0 bridgehead atoms. The summed E-state index contributed by atoms with van der Waals surface area (Å²) in [5, 5.41) is 0. The van der Waals surface area contributed by atoms with Crippen molar-refractivity contribution >= 4 is 11.6 Å². The third-order valence-electron chi connectivity index (χ3n) is 2.19. The van der Waals surface area contributed by atoms with Crippen molar-refractivity contribution in [2.24, 2.45) is 0 Å². The Morgan fingerprint density at radius 1 is 1.47 bits per heavy atom. The minimum Gasteiger partial charge on any atom is -0.443 e. The molecule has 15 heavy (non-hydrogen) atoms. The van der Waals surface area contributed by atoms with E-state index in [0.29, 0.717) is 17.0 Å². The highest BCUT2D eigenvalue weighted by atomic mass is 35.5. The molecule has 0 N–H and O–H groups in total. The number of hydrogen-bond acceptors (Lipinski definition) is 2. The molecular weight excluding hydrogens is 217 g/mol. The first-order valence-corrected chi connectivity index (χ1v) is 5.00. The number of halogens is 2. The maximum atomic E-state index is 13.1. The van der Waals surface area contributed by atoms with Crippen molar-refractivity contribution in [1.82, 2.24) is 4.98 Å². The molecule has 0 atom stereocenters. The van der Waals surface area contributed by atoms with Gasteiger partial charge >= 0.3 is 0 Å². The highest BCUT2D eigenvalue weighted by molar-refractivity contribution is 6.17. The van der Waals surface area contributed by atoms with E-state index in [0.717, 1.165) is 5.56 Å². The molecule has 2 nitrogen and oxygen atoms in total. The van der Waals surface area contributed by atoms with E-state index in [2.05, 4.69) is 4.98 Å². The van der Waals surface area contributed by atoms with Gasteiger partial charge in [0.2, 0.25) is 0 Å². The molecule has 1 heterocycles. The zero-order valence-corrected chi connectivity index (χ0v) is 8.88. The lowest BCUT2D eigenvalue weighted by Gasteiger charge is -2.01. The Balaban J connectivity index is 2.50. The summed E-state index contributed by atoms with van der Waals surface area (Å²) in [6, 6.07) is 4.77. The quantitative estimate of drug-likeness (QED) is 0.731. The van der Waals surface area contributed by atoms with Gasteiger partial charge in [0.05, 0.1) is 5.88 Å². The van der Waals surface area contributed by atoms with Gasteiger partial charge < -0.3 is 4.42 Å². The second kappa shape index (κ2) is 4.03. The smallest absolute Gasteiger partial charge is 0.181 e. The fraction of sp³-hybridized carbons (Fsp3) is 0.182. The van der Waals surface area contributed by atoms with Crippen molar-refractivity contribution < 1.29 is 8.81 Å². The van der Waals surface area contributed by atoms with Crippen LogP contribution in [-0.4, -0.2) is 4.98 Å². The summed E-state index contributed by atoms with van der Waals surface area (Å²) in [6.45, 7) is 1.70. The molecule has 0 fully saturated rings. The normalized spacial score (nSPS) is 10.6. The number of benzene rings is 1. The predicted octanol–water partition coefficient (Wildman–Crippen LogP) is 3.53. The van der Waals surface area contributed by atoms with Crippen molar-refractivity contribution in [1.29, 1.82) is 0 Å². The summed E-state index contributed by atoms with van der Waals surface area (Å²) in [5.74, 6) is 0.654. The number of hydrogen-bond donors (Lipinski definition) is 0. The van der Waals surface area contributed by atoms with Crippen LogP contribution < -0.4 is 0 Å². The van der Waals surface area contributed by atoms with Crippen LogP contribution in [0.15, 0.2) is 29.0 Å². The minimum absolute atomic E-state index is 0.231. The highest BCUT2D eigenvalue weighted by Gasteiger charge is 2.10. The molecule has 1 aromatic carbocycles. The van der Waals surface area contributed by atoms with E-state index in [1.807, 2.05) is 0 Å². The van der Waals surface area contributed by atoms with Crippen molar-refractivity contribution in [2.75, 3.05) is 0 Å². The Morgan fingerprint density at radius 2 is 2.27 bits per heavy atom. The molecule has 0 aliphatic carbocycles. The number of aromatic nitrogens is 1. The number of alkyl halides is 1. The van der Waals surface area contributed by atoms with Gasteiger partial charge in [0.1, 0.15) is 11.5 Å². The zero-order valence-electron chi connectivity index (χ0n) is 8.13. The molecule has 0 spiro atoms. The van der Waals surface area contributed by atoms with Crippen molar-refractivity contribution in [3.63, 3.8) is 0 Å². The van der Waals surface area contributed by atoms with Gasteiger partial charge in [0.25, 0.3) is 0 Å². The van der Waals surface area contributed by atoms with Gasteiger partial charge in [-0.05, 0) is 30.7 Å². The Labute approximate surface area is 91.7 Å². The van der Waals surface area contributed by atoms with Crippen LogP contribution in [0.25, 0.3) is 11.3 Å². The molecular formula is C11H9ClFNO. The van der Waals surface area contributed by atoms with Crippen molar-refractivity contribution in [3.8, 4) is 11.3 Å². The van der Waals surface area contributed by atoms with E-state index in [1.54, 1.807) is 19.1 Å². The van der Waals surface area contributed by atoms with E-state index in [9.17, 15) is 4.39 Å². The van der Waals surface area contributed by atoms with Gasteiger partial charge in [0, 0.05) is 5.56 Å². The fourth-order valence-corrected chi connectivity index (χ4v) is 1.58. The summed E-state index contributed by atoms with van der Waals surface area (Å²) >= 11 is 5.70. The molecule has 0 unspecified atom stereocenters. The molecule has 1 aromatic heterocycles. The molecule has 4 heteroatoms. The van der Waals surface area contributed by atoms with Gasteiger partial charge in [-0.1, -0.05) is 0 Å². The second-order valence-corrected chi connectivity index (χ2v) is 3.49. The fourth-order valence-electron chi connectivity index (χ4n) is 1.39. The first kappa shape index (κ1) is 10.2. The second-order valence-electron chi connectivity index (χ2n) is 3.23. The number of oxazole rings is 1. The van der Waals surface area contributed by atoms with Crippen LogP contribution in [0.3, 0.4) is 0 Å². The number of rotatable bonds is 2. The van der Waals surface area contributed by atoms with Gasteiger partial charge in [-0.25, -0.2) is 9.37 Å². The molecule has 78 valence electrons. The van der Waals surface area contributed by atoms with Crippen LogP contribution in [0.1, 0.15) is 11.3 Å². The Bertz CT molecular complexity index is 481. The monoisotopic (exact) mass is 225 g/mol. The van der Waals surface area contributed by atoms with E-state index >= 15 is 0 Å². The predicted molar refractivity (Wildman–Crippen MR) is 56.2 cm³/mol. The molecule has 0 aliphatic heterocycles. The van der Waals surface area contributed by atoms with Crippen LogP contribution in [-0.2, 0) is 5.88 Å². The summed E-state index contributed by atoms with van der Waals surface area (Å²) in [5.41, 5.74) is 2.04. The van der Waals surface area contributed by atoms with Crippen LogP contribution in [0.2, 0.25) is 0 Å². The molecule has 2 aromatic rings. The Morgan fingerprint density at radius 3 is 2.93 bits per heavy atom. The lowest BCUT2D eigenvalue weighted by Crippen LogP contribution is -1.86. The van der Waals surface area contributed by atoms with Crippen LogP contribution in [0.5, 0.6) is 0 Å². The maximum absolute atomic E-state index is 13.1. The maximum Gasteiger partial charge on any atom is 0.181 e. The minimum atomic E-state index is -0.231. The molecule has 0 saturated carbocycles. The van der Waals surface area contributed by atoms with Crippen molar-refractivity contribution in [2.45, 2.75) is 12.8 Å². The number of nitrogens with zero attached hydrogens (tertiary/aromatic N) is 1.